The van der Waals surface area contributed by atoms with Crippen LogP contribution in [0.25, 0.3) is 5.65 Å². The van der Waals surface area contributed by atoms with Gasteiger partial charge in [-0.25, -0.2) is 4.98 Å². The number of carbonyl (C=O) groups is 1. The van der Waals surface area contributed by atoms with Crippen molar-refractivity contribution >= 4 is 11.6 Å². The van der Waals surface area contributed by atoms with Crippen molar-refractivity contribution in [3.63, 3.8) is 0 Å². The molecule has 6 heteroatoms. The van der Waals surface area contributed by atoms with E-state index in [2.05, 4.69) is 14.3 Å². The van der Waals surface area contributed by atoms with Gasteiger partial charge in [-0.05, 0) is 31.2 Å². The minimum absolute atomic E-state index is 0.0495. The average Bonchev–Trinajstić information content (AvgIpc) is 3.12. The van der Waals surface area contributed by atoms with Gasteiger partial charge in [0.05, 0.1) is 24.1 Å². The summed E-state index contributed by atoms with van der Waals surface area (Å²) < 4.78 is 7.73. The Kier molecular flexibility index (Phi) is 5.07. The van der Waals surface area contributed by atoms with E-state index in [9.17, 15) is 4.79 Å². The molecule has 140 valence electrons. The normalized spacial score (nSPS) is 15.2. The van der Waals surface area contributed by atoms with Crippen molar-refractivity contribution < 1.29 is 9.53 Å². The molecule has 1 aliphatic heterocycles. The zero-order chi connectivity index (χ0) is 18.6. The predicted octanol–water partition coefficient (Wildman–Crippen LogP) is 2.69. The molecule has 0 aliphatic carbocycles. The number of imidazole rings is 1. The van der Waals surface area contributed by atoms with E-state index in [-0.39, 0.29) is 5.91 Å². The Hall–Kier alpha value is -2.86. The third-order valence-corrected chi connectivity index (χ3v) is 4.96. The molecule has 0 N–H and O–H groups in total. The number of carbonyl (C=O) groups excluding carboxylic acids is 1. The molecule has 0 spiro atoms. The molecule has 0 bridgehead atoms. The molecule has 0 radical (unpaired) electrons. The van der Waals surface area contributed by atoms with Crippen molar-refractivity contribution in [1.82, 2.24) is 19.2 Å². The molecule has 4 rings (SSSR count). The van der Waals surface area contributed by atoms with Crippen LogP contribution in [0.4, 0.5) is 0 Å². The molecule has 27 heavy (non-hydrogen) atoms. The molecule has 0 unspecified atom stereocenters. The average molecular weight is 364 g/mol. The molecule has 1 aliphatic rings. The standard InChI is InChI=1S/C21H24N4O2/c1-2-27-19-8-4-3-7-18(19)21(26)24-13-11-23(12-14-24)16-17-15-22-20-9-5-6-10-25(17)20/h3-10,15H,2,11-14,16H2,1H3. The van der Waals surface area contributed by atoms with Crippen LogP contribution in [-0.2, 0) is 6.54 Å². The maximum atomic E-state index is 12.9. The number of hydrogen-bond donors (Lipinski definition) is 0. The number of para-hydroxylation sites is 1. The monoisotopic (exact) mass is 364 g/mol. The molecule has 0 atom stereocenters. The zero-order valence-electron chi connectivity index (χ0n) is 15.5. The number of pyridine rings is 1. The molecule has 1 amide bonds. The number of aromatic nitrogens is 2. The number of ether oxygens (including phenoxy) is 1. The molecular formula is C21H24N4O2. The summed E-state index contributed by atoms with van der Waals surface area (Å²) in [5, 5.41) is 0. The first-order chi connectivity index (χ1) is 13.3. The SMILES string of the molecule is CCOc1ccccc1C(=O)N1CCN(Cc2cnc3ccccn23)CC1. The van der Waals surface area contributed by atoms with E-state index in [1.807, 2.05) is 66.7 Å². The summed E-state index contributed by atoms with van der Waals surface area (Å²) in [5.41, 5.74) is 2.79. The molecule has 3 aromatic rings. The van der Waals surface area contributed by atoms with Gasteiger partial charge in [0.25, 0.3) is 5.91 Å². The maximum Gasteiger partial charge on any atom is 0.257 e. The summed E-state index contributed by atoms with van der Waals surface area (Å²) in [6.07, 6.45) is 3.98. The number of hydrogen-bond acceptors (Lipinski definition) is 4. The van der Waals surface area contributed by atoms with Crippen LogP contribution in [0.5, 0.6) is 5.75 Å². The van der Waals surface area contributed by atoms with Crippen molar-refractivity contribution in [2.75, 3.05) is 32.8 Å². The van der Waals surface area contributed by atoms with Crippen molar-refractivity contribution in [3.8, 4) is 5.75 Å². The first-order valence-corrected chi connectivity index (χ1v) is 9.40. The van der Waals surface area contributed by atoms with E-state index in [4.69, 9.17) is 4.74 Å². The highest BCUT2D eigenvalue weighted by Crippen LogP contribution is 2.21. The fraction of sp³-hybridized carbons (Fsp3) is 0.333. The quantitative estimate of drug-likeness (QED) is 0.698. The van der Waals surface area contributed by atoms with Gasteiger partial charge in [-0.15, -0.1) is 0 Å². The van der Waals surface area contributed by atoms with Crippen molar-refractivity contribution in [2.45, 2.75) is 13.5 Å². The highest BCUT2D eigenvalue weighted by molar-refractivity contribution is 5.97. The maximum absolute atomic E-state index is 12.9. The van der Waals surface area contributed by atoms with Crippen LogP contribution in [0.1, 0.15) is 23.0 Å². The minimum Gasteiger partial charge on any atom is -0.493 e. The van der Waals surface area contributed by atoms with E-state index < -0.39 is 0 Å². The summed E-state index contributed by atoms with van der Waals surface area (Å²) in [6, 6.07) is 13.5. The Balaban J connectivity index is 1.40. The molecule has 1 aromatic carbocycles. The highest BCUT2D eigenvalue weighted by atomic mass is 16.5. The van der Waals surface area contributed by atoms with Gasteiger partial charge < -0.3 is 14.0 Å². The zero-order valence-corrected chi connectivity index (χ0v) is 15.5. The van der Waals surface area contributed by atoms with Gasteiger partial charge in [0.2, 0.25) is 0 Å². The number of fused-ring (bicyclic) bond motifs is 1. The van der Waals surface area contributed by atoms with Gasteiger partial charge in [0, 0.05) is 38.9 Å². The number of piperazine rings is 1. The summed E-state index contributed by atoms with van der Waals surface area (Å²) in [7, 11) is 0. The van der Waals surface area contributed by atoms with E-state index in [0.717, 1.165) is 38.4 Å². The molecule has 2 aromatic heterocycles. The van der Waals surface area contributed by atoms with Gasteiger partial charge in [0.15, 0.2) is 0 Å². The Morgan fingerprint density at radius 3 is 2.67 bits per heavy atom. The van der Waals surface area contributed by atoms with Crippen LogP contribution >= 0.6 is 0 Å². The Bertz CT molecular complexity index is 929. The Labute approximate surface area is 159 Å². The number of nitrogens with zero attached hydrogens (tertiary/aromatic N) is 4. The number of rotatable bonds is 5. The third kappa shape index (κ3) is 3.66. The van der Waals surface area contributed by atoms with Crippen molar-refractivity contribution in [3.05, 3.63) is 66.1 Å². The molecule has 3 heterocycles. The van der Waals surface area contributed by atoms with E-state index in [1.54, 1.807) is 0 Å². The van der Waals surface area contributed by atoms with Gasteiger partial charge in [-0.1, -0.05) is 18.2 Å². The third-order valence-electron chi connectivity index (χ3n) is 4.96. The largest absolute Gasteiger partial charge is 0.493 e. The van der Waals surface area contributed by atoms with Crippen LogP contribution in [-0.4, -0.2) is 57.9 Å². The summed E-state index contributed by atoms with van der Waals surface area (Å²) >= 11 is 0. The first-order valence-electron chi connectivity index (χ1n) is 9.40. The number of amides is 1. The van der Waals surface area contributed by atoms with E-state index in [0.29, 0.717) is 17.9 Å². The van der Waals surface area contributed by atoms with Gasteiger partial charge in [0.1, 0.15) is 11.4 Å². The van der Waals surface area contributed by atoms with Crippen LogP contribution in [0.15, 0.2) is 54.9 Å². The summed E-state index contributed by atoms with van der Waals surface area (Å²) in [6.45, 7) is 6.46. The van der Waals surface area contributed by atoms with E-state index >= 15 is 0 Å². The van der Waals surface area contributed by atoms with Crippen LogP contribution in [0.3, 0.4) is 0 Å². The fourth-order valence-electron chi connectivity index (χ4n) is 3.54. The summed E-state index contributed by atoms with van der Waals surface area (Å²) in [4.78, 5) is 21.6. The Morgan fingerprint density at radius 1 is 1.07 bits per heavy atom. The second kappa shape index (κ2) is 7.80. The second-order valence-corrected chi connectivity index (χ2v) is 6.68. The lowest BCUT2D eigenvalue weighted by molar-refractivity contribution is 0.0623. The second-order valence-electron chi connectivity index (χ2n) is 6.68. The fourth-order valence-corrected chi connectivity index (χ4v) is 3.54. The molecular weight excluding hydrogens is 340 g/mol. The number of benzene rings is 1. The van der Waals surface area contributed by atoms with Crippen molar-refractivity contribution in [2.24, 2.45) is 0 Å². The van der Waals surface area contributed by atoms with Crippen molar-refractivity contribution in [1.29, 1.82) is 0 Å². The lowest BCUT2D eigenvalue weighted by Gasteiger charge is -2.34. The molecule has 6 nitrogen and oxygen atoms in total. The lowest BCUT2D eigenvalue weighted by Crippen LogP contribution is -2.48. The predicted molar refractivity (Wildman–Crippen MR) is 104 cm³/mol. The minimum atomic E-state index is 0.0495. The molecule has 1 saturated heterocycles. The van der Waals surface area contributed by atoms with Gasteiger partial charge in [-0.2, -0.15) is 0 Å². The van der Waals surface area contributed by atoms with Crippen LogP contribution in [0.2, 0.25) is 0 Å². The first kappa shape index (κ1) is 17.5. The molecule has 1 fully saturated rings. The highest BCUT2D eigenvalue weighted by Gasteiger charge is 2.24. The lowest BCUT2D eigenvalue weighted by atomic mass is 10.1. The topological polar surface area (TPSA) is 50.1 Å². The van der Waals surface area contributed by atoms with Gasteiger partial charge in [-0.3, -0.25) is 9.69 Å². The van der Waals surface area contributed by atoms with Crippen LogP contribution < -0.4 is 4.74 Å². The Morgan fingerprint density at radius 2 is 1.85 bits per heavy atom. The van der Waals surface area contributed by atoms with Gasteiger partial charge >= 0.3 is 0 Å². The van der Waals surface area contributed by atoms with E-state index in [1.165, 1.54) is 5.69 Å². The summed E-state index contributed by atoms with van der Waals surface area (Å²) in [5.74, 6) is 0.715. The molecule has 0 saturated carbocycles. The smallest absolute Gasteiger partial charge is 0.257 e. The van der Waals surface area contributed by atoms with Crippen LogP contribution in [0, 0.1) is 0 Å².